The van der Waals surface area contributed by atoms with Gasteiger partial charge >= 0.3 is 0 Å². The third kappa shape index (κ3) is 36.4. The first kappa shape index (κ1) is 19.2. The number of nitrogens with zero attached hydrogens (tertiary/aromatic N) is 2. The summed E-state index contributed by atoms with van der Waals surface area (Å²) in [6.45, 7) is 13.0. The topological polar surface area (TPSA) is 38.9 Å². The lowest BCUT2D eigenvalue weighted by Crippen LogP contribution is -1.66. The summed E-state index contributed by atoms with van der Waals surface area (Å²) >= 11 is 1.46. The molecule has 2 heterocycles. The lowest BCUT2D eigenvalue weighted by molar-refractivity contribution is 0.420. The van der Waals surface area contributed by atoms with Crippen molar-refractivity contribution in [3.63, 3.8) is 0 Å². The van der Waals surface area contributed by atoms with Crippen molar-refractivity contribution >= 4 is 11.5 Å². The fourth-order valence-electron chi connectivity index (χ4n) is 0.351. The van der Waals surface area contributed by atoms with E-state index in [4.69, 9.17) is 0 Å². The van der Waals surface area contributed by atoms with Gasteiger partial charge in [-0.2, -0.15) is 0 Å². The average molecular weight is 270 g/mol. The number of hydrogen-bond acceptors (Lipinski definition) is 4. The maximum absolute atomic E-state index is 4.33. The Morgan fingerprint density at radius 3 is 1.56 bits per heavy atom. The Bertz CT molecular complexity index is 219. The molecule has 0 atom stereocenters. The molecule has 0 saturated heterocycles. The van der Waals surface area contributed by atoms with Gasteiger partial charge in [-0.25, -0.2) is 4.37 Å². The molecule has 104 valence electrons. The van der Waals surface area contributed by atoms with Crippen LogP contribution in [0.5, 0.6) is 0 Å². The molecule has 4 heteroatoms. The Labute approximate surface area is 115 Å². The van der Waals surface area contributed by atoms with Crippen LogP contribution in [0.15, 0.2) is 40.7 Å². The van der Waals surface area contributed by atoms with Gasteiger partial charge in [-0.3, -0.25) is 0 Å². The molecule has 0 spiro atoms. The van der Waals surface area contributed by atoms with E-state index in [0.717, 1.165) is 11.8 Å². The normalized spacial score (nSPS) is 8.44. The van der Waals surface area contributed by atoms with Crippen LogP contribution < -0.4 is 0 Å². The lowest BCUT2D eigenvalue weighted by atomic mass is 10.3. The van der Waals surface area contributed by atoms with Crippen LogP contribution in [-0.4, -0.2) is 9.53 Å². The van der Waals surface area contributed by atoms with Gasteiger partial charge in [0.25, 0.3) is 0 Å². The summed E-state index contributed by atoms with van der Waals surface area (Å²) in [5, 5.41) is 5.28. The highest BCUT2D eigenvalue weighted by Crippen LogP contribution is 1.84. The fourth-order valence-corrected chi connectivity index (χ4v) is 0.703. The molecule has 0 bridgehead atoms. The van der Waals surface area contributed by atoms with Crippen molar-refractivity contribution in [2.75, 3.05) is 0 Å². The number of hydrogen-bond donors (Lipinski definition) is 0. The van der Waals surface area contributed by atoms with Gasteiger partial charge in [0.15, 0.2) is 0 Å². The molecule has 0 aliphatic heterocycles. The fraction of sp³-hybridized carbons (Fsp3) is 0.571. The van der Waals surface area contributed by atoms with Crippen LogP contribution in [-0.2, 0) is 0 Å². The predicted octanol–water partition coefficient (Wildman–Crippen LogP) is 5.14. The summed E-state index contributed by atoms with van der Waals surface area (Å²) in [5.74, 6) is 1.67. The van der Waals surface area contributed by atoms with Crippen LogP contribution in [0.25, 0.3) is 0 Å². The highest BCUT2D eigenvalue weighted by atomic mass is 32.1. The summed E-state index contributed by atoms with van der Waals surface area (Å²) in [5.41, 5.74) is 0. The molecule has 18 heavy (non-hydrogen) atoms. The van der Waals surface area contributed by atoms with Crippen molar-refractivity contribution in [1.82, 2.24) is 9.53 Å². The highest BCUT2D eigenvalue weighted by Gasteiger charge is 1.68. The van der Waals surface area contributed by atoms with Gasteiger partial charge in [0.2, 0.25) is 0 Å². The zero-order chi connectivity index (χ0) is 14.2. The molecule has 0 amide bonds. The zero-order valence-corrected chi connectivity index (χ0v) is 13.1. The standard InChI is InChI=1S/2C4H10.C3H3NO.C3H3NS/c2*1-4(2)3;2*1-2-4-5-3-1/h2*4H,1-3H3;2*1-3H. The lowest BCUT2D eigenvalue weighted by Gasteiger charge is -1.79. The third-order valence-electron chi connectivity index (χ3n) is 0.694. The molecule has 0 aliphatic rings. The maximum Gasteiger partial charge on any atom is 0.123 e. The van der Waals surface area contributed by atoms with Crippen molar-refractivity contribution < 1.29 is 4.52 Å². The van der Waals surface area contributed by atoms with Crippen molar-refractivity contribution in [2.45, 2.75) is 41.5 Å². The minimum absolute atomic E-state index is 0.833. The molecule has 0 aromatic carbocycles. The Morgan fingerprint density at radius 2 is 1.44 bits per heavy atom. The van der Waals surface area contributed by atoms with Crippen LogP contribution in [0.3, 0.4) is 0 Å². The van der Waals surface area contributed by atoms with E-state index in [2.05, 4.69) is 55.6 Å². The summed E-state index contributed by atoms with van der Waals surface area (Å²) < 4.78 is 8.10. The van der Waals surface area contributed by atoms with Crippen molar-refractivity contribution in [2.24, 2.45) is 11.8 Å². The van der Waals surface area contributed by atoms with E-state index in [1.807, 2.05) is 11.4 Å². The summed E-state index contributed by atoms with van der Waals surface area (Å²) in [4.78, 5) is 0. The van der Waals surface area contributed by atoms with Crippen molar-refractivity contribution in [3.8, 4) is 0 Å². The first-order valence-electron chi connectivity index (χ1n) is 6.15. The Kier molecular flexibility index (Phi) is 16.9. The second-order valence-corrected chi connectivity index (χ2v) is 5.53. The van der Waals surface area contributed by atoms with E-state index < -0.39 is 0 Å². The molecule has 2 rings (SSSR count). The average Bonchev–Trinajstić information content (AvgIpc) is 2.96. The van der Waals surface area contributed by atoms with Gasteiger partial charge in [-0.05, 0) is 35.5 Å². The molecule has 0 unspecified atom stereocenters. The largest absolute Gasteiger partial charge is 0.365 e. The van der Waals surface area contributed by atoms with E-state index in [9.17, 15) is 0 Å². The quantitative estimate of drug-likeness (QED) is 0.665. The molecule has 0 saturated carbocycles. The smallest absolute Gasteiger partial charge is 0.123 e. The minimum Gasteiger partial charge on any atom is -0.365 e. The van der Waals surface area contributed by atoms with Crippen LogP contribution in [0.2, 0.25) is 0 Å². The Morgan fingerprint density at radius 1 is 0.889 bits per heavy atom. The molecule has 3 nitrogen and oxygen atoms in total. The van der Waals surface area contributed by atoms with Crippen molar-refractivity contribution in [3.05, 3.63) is 36.2 Å². The second kappa shape index (κ2) is 15.8. The third-order valence-corrected chi connectivity index (χ3v) is 1.22. The van der Waals surface area contributed by atoms with E-state index >= 15 is 0 Å². The van der Waals surface area contributed by atoms with Crippen LogP contribution >= 0.6 is 11.5 Å². The van der Waals surface area contributed by atoms with Gasteiger partial charge in [-0.1, -0.05) is 46.7 Å². The molecular formula is C14H26N2OS. The summed E-state index contributed by atoms with van der Waals surface area (Å²) in [7, 11) is 0. The second-order valence-electron chi connectivity index (χ2n) is 4.84. The molecule has 0 aliphatic carbocycles. The van der Waals surface area contributed by atoms with Gasteiger partial charge in [-0.15, -0.1) is 0 Å². The number of aromatic nitrogens is 2. The number of rotatable bonds is 0. The van der Waals surface area contributed by atoms with Gasteiger partial charge in [0, 0.05) is 11.6 Å². The maximum atomic E-state index is 4.33. The summed E-state index contributed by atoms with van der Waals surface area (Å²) in [6, 6.07) is 3.63. The molecule has 0 fully saturated rings. The van der Waals surface area contributed by atoms with Gasteiger partial charge in [0.05, 0.1) is 6.20 Å². The monoisotopic (exact) mass is 270 g/mol. The van der Waals surface area contributed by atoms with Gasteiger partial charge in [0.1, 0.15) is 6.26 Å². The van der Waals surface area contributed by atoms with E-state index in [-0.39, 0.29) is 0 Å². The van der Waals surface area contributed by atoms with Crippen molar-refractivity contribution in [1.29, 1.82) is 0 Å². The van der Waals surface area contributed by atoms with Gasteiger partial charge < -0.3 is 4.52 Å². The Hall–Kier alpha value is -1.16. The minimum atomic E-state index is 0.833. The molecular weight excluding hydrogens is 244 g/mol. The predicted molar refractivity (Wildman–Crippen MR) is 79.6 cm³/mol. The first-order valence-corrected chi connectivity index (χ1v) is 6.99. The zero-order valence-electron chi connectivity index (χ0n) is 12.3. The SMILES string of the molecule is CC(C)C.CC(C)C.c1cnoc1.c1cnsc1. The molecule has 2 aromatic rings. The highest BCUT2D eigenvalue weighted by molar-refractivity contribution is 7.03. The molecule has 2 aromatic heterocycles. The van der Waals surface area contributed by atoms with Crippen LogP contribution in [0.1, 0.15) is 41.5 Å². The van der Waals surface area contributed by atoms with E-state index in [1.165, 1.54) is 17.8 Å². The first-order chi connectivity index (χ1) is 8.46. The Balaban J connectivity index is 0. The summed E-state index contributed by atoms with van der Waals surface area (Å²) in [6.07, 6.45) is 4.87. The van der Waals surface area contributed by atoms with Crippen LogP contribution in [0, 0.1) is 11.8 Å². The molecule has 0 N–H and O–H groups in total. The van der Waals surface area contributed by atoms with E-state index in [1.54, 1.807) is 18.5 Å². The van der Waals surface area contributed by atoms with E-state index in [0.29, 0.717) is 0 Å². The molecule has 0 radical (unpaired) electrons. The van der Waals surface area contributed by atoms with Crippen LogP contribution in [0.4, 0.5) is 0 Å².